The Morgan fingerprint density at radius 3 is 2.62 bits per heavy atom. The molecule has 2 fully saturated rings. The molecule has 1 atom stereocenters. The van der Waals surface area contributed by atoms with Gasteiger partial charge in [0.05, 0.1) is 15.6 Å². The number of non-ortho nitro benzene ring substituents is 1. The summed E-state index contributed by atoms with van der Waals surface area (Å²) >= 11 is 6.31. The number of rotatable bonds is 3. The molecule has 2 saturated heterocycles. The van der Waals surface area contributed by atoms with Crippen LogP contribution < -0.4 is 4.90 Å². The Morgan fingerprint density at radius 1 is 1.29 bits per heavy atom. The van der Waals surface area contributed by atoms with Gasteiger partial charge in [-0.05, 0) is 44.8 Å². The minimum absolute atomic E-state index is 0.0662. The maximum Gasteiger partial charge on any atom is 0.271 e. The number of halogens is 1. The zero-order valence-electron chi connectivity index (χ0n) is 12.2. The van der Waals surface area contributed by atoms with Crippen molar-refractivity contribution in [3.05, 3.63) is 32.8 Å². The average molecular weight is 310 g/mol. The number of nitrogens with zero attached hydrogens (tertiary/aromatic N) is 3. The lowest BCUT2D eigenvalue weighted by molar-refractivity contribution is -0.384. The number of benzene rings is 1. The van der Waals surface area contributed by atoms with Crippen LogP contribution in [-0.2, 0) is 0 Å². The van der Waals surface area contributed by atoms with Crippen LogP contribution in [0.2, 0.25) is 5.02 Å². The Bertz CT molecular complexity index is 535. The van der Waals surface area contributed by atoms with Gasteiger partial charge in [0.15, 0.2) is 0 Å². The van der Waals surface area contributed by atoms with Gasteiger partial charge in [-0.1, -0.05) is 11.6 Å². The summed E-state index contributed by atoms with van der Waals surface area (Å²) in [4.78, 5) is 15.3. The van der Waals surface area contributed by atoms with Gasteiger partial charge in [-0.3, -0.25) is 15.0 Å². The van der Waals surface area contributed by atoms with Crippen LogP contribution in [0.25, 0.3) is 0 Å². The highest BCUT2D eigenvalue weighted by Gasteiger charge is 2.31. The summed E-state index contributed by atoms with van der Waals surface area (Å²) < 4.78 is 0. The highest BCUT2D eigenvalue weighted by atomic mass is 35.5. The summed E-state index contributed by atoms with van der Waals surface area (Å²) in [7, 11) is 0. The topological polar surface area (TPSA) is 49.6 Å². The molecule has 3 rings (SSSR count). The standard InChI is InChI=1S/C15H20ClN3O2/c1-11-8-13(19(20)21)9-14(16)15(11)18-7-4-12(10-18)17-5-2-3-6-17/h8-9,12H,2-7,10H2,1H3. The molecule has 114 valence electrons. The second-order valence-electron chi connectivity index (χ2n) is 5.98. The zero-order chi connectivity index (χ0) is 15.0. The highest BCUT2D eigenvalue weighted by Crippen LogP contribution is 2.36. The van der Waals surface area contributed by atoms with Crippen LogP contribution in [0.4, 0.5) is 11.4 Å². The molecule has 21 heavy (non-hydrogen) atoms. The largest absolute Gasteiger partial charge is 0.368 e. The van der Waals surface area contributed by atoms with Gasteiger partial charge in [0, 0.05) is 31.3 Å². The average Bonchev–Trinajstić information content (AvgIpc) is 3.08. The molecule has 1 unspecified atom stereocenters. The van der Waals surface area contributed by atoms with E-state index in [0.717, 1.165) is 30.8 Å². The van der Waals surface area contributed by atoms with Crippen LogP contribution in [0, 0.1) is 17.0 Å². The van der Waals surface area contributed by atoms with Crippen molar-refractivity contribution >= 4 is 23.0 Å². The van der Waals surface area contributed by atoms with Gasteiger partial charge in [-0.2, -0.15) is 0 Å². The van der Waals surface area contributed by atoms with Gasteiger partial charge >= 0.3 is 0 Å². The minimum Gasteiger partial charge on any atom is -0.368 e. The lowest BCUT2D eigenvalue weighted by Gasteiger charge is -2.25. The van der Waals surface area contributed by atoms with E-state index in [1.165, 1.54) is 32.0 Å². The maximum absolute atomic E-state index is 10.9. The van der Waals surface area contributed by atoms with E-state index in [4.69, 9.17) is 11.6 Å². The van der Waals surface area contributed by atoms with Crippen molar-refractivity contribution in [3.8, 4) is 0 Å². The van der Waals surface area contributed by atoms with Crippen molar-refractivity contribution < 1.29 is 4.92 Å². The fraction of sp³-hybridized carbons (Fsp3) is 0.600. The Balaban J connectivity index is 1.80. The van der Waals surface area contributed by atoms with Crippen molar-refractivity contribution in [2.45, 2.75) is 32.2 Å². The first kappa shape index (κ1) is 14.6. The minimum atomic E-state index is -0.389. The zero-order valence-corrected chi connectivity index (χ0v) is 13.0. The molecule has 0 radical (unpaired) electrons. The normalized spacial score (nSPS) is 23.0. The highest BCUT2D eigenvalue weighted by molar-refractivity contribution is 6.33. The Labute approximate surface area is 129 Å². The van der Waals surface area contributed by atoms with Crippen molar-refractivity contribution in [3.63, 3.8) is 0 Å². The third-order valence-corrected chi connectivity index (χ3v) is 4.87. The van der Waals surface area contributed by atoms with Crippen molar-refractivity contribution in [2.24, 2.45) is 0 Å². The fourth-order valence-electron chi connectivity index (χ4n) is 3.57. The second-order valence-corrected chi connectivity index (χ2v) is 6.39. The van der Waals surface area contributed by atoms with Crippen LogP contribution in [-0.4, -0.2) is 42.0 Å². The molecule has 2 aliphatic heterocycles. The Kier molecular flexibility index (Phi) is 4.04. The molecular formula is C15H20ClN3O2. The monoisotopic (exact) mass is 309 g/mol. The first-order valence-corrected chi connectivity index (χ1v) is 7.87. The molecule has 0 saturated carbocycles. The number of hydrogen-bond acceptors (Lipinski definition) is 4. The lowest BCUT2D eigenvalue weighted by atomic mass is 10.1. The van der Waals surface area contributed by atoms with Crippen LogP contribution in [0.1, 0.15) is 24.8 Å². The van der Waals surface area contributed by atoms with Crippen LogP contribution in [0.15, 0.2) is 12.1 Å². The number of nitro groups is 1. The van der Waals surface area contributed by atoms with Gasteiger partial charge in [0.2, 0.25) is 0 Å². The molecule has 0 N–H and O–H groups in total. The number of likely N-dealkylation sites (tertiary alicyclic amines) is 1. The first-order valence-electron chi connectivity index (χ1n) is 7.50. The molecule has 6 heteroatoms. The fourth-order valence-corrected chi connectivity index (χ4v) is 3.95. The maximum atomic E-state index is 10.9. The molecule has 1 aromatic carbocycles. The predicted molar refractivity (Wildman–Crippen MR) is 84.3 cm³/mol. The number of hydrogen-bond donors (Lipinski definition) is 0. The molecule has 0 spiro atoms. The molecule has 0 aromatic heterocycles. The summed E-state index contributed by atoms with van der Waals surface area (Å²) in [6, 6.07) is 3.68. The molecule has 1 aromatic rings. The van der Waals surface area contributed by atoms with Crippen LogP contribution in [0.3, 0.4) is 0 Å². The van der Waals surface area contributed by atoms with Crippen molar-refractivity contribution in [2.75, 3.05) is 31.1 Å². The molecule has 5 nitrogen and oxygen atoms in total. The van der Waals surface area contributed by atoms with E-state index in [-0.39, 0.29) is 10.6 Å². The van der Waals surface area contributed by atoms with E-state index in [1.807, 2.05) is 6.92 Å². The summed E-state index contributed by atoms with van der Waals surface area (Å²) in [5.41, 5.74) is 1.91. The van der Waals surface area contributed by atoms with E-state index < -0.39 is 0 Å². The smallest absolute Gasteiger partial charge is 0.271 e. The van der Waals surface area contributed by atoms with E-state index in [2.05, 4.69) is 9.80 Å². The SMILES string of the molecule is Cc1cc([N+](=O)[O-])cc(Cl)c1N1CCC(N2CCCC2)C1. The molecule has 0 amide bonds. The second kappa shape index (κ2) is 5.81. The van der Waals surface area contributed by atoms with Gasteiger partial charge < -0.3 is 4.90 Å². The van der Waals surface area contributed by atoms with E-state index >= 15 is 0 Å². The molecular weight excluding hydrogens is 290 g/mol. The quantitative estimate of drug-likeness (QED) is 0.635. The molecule has 0 aliphatic carbocycles. The number of anilines is 1. The van der Waals surface area contributed by atoms with E-state index in [1.54, 1.807) is 6.07 Å². The van der Waals surface area contributed by atoms with Gasteiger partial charge in [-0.25, -0.2) is 0 Å². The van der Waals surface area contributed by atoms with Crippen molar-refractivity contribution in [1.29, 1.82) is 0 Å². The number of aryl methyl sites for hydroxylation is 1. The summed E-state index contributed by atoms with van der Waals surface area (Å²) in [5.74, 6) is 0. The third kappa shape index (κ3) is 2.85. The third-order valence-electron chi connectivity index (χ3n) is 4.59. The molecule has 0 bridgehead atoms. The van der Waals surface area contributed by atoms with E-state index in [9.17, 15) is 10.1 Å². The van der Waals surface area contributed by atoms with Crippen LogP contribution >= 0.6 is 11.6 Å². The predicted octanol–water partition coefficient (Wildman–Crippen LogP) is 3.23. The summed E-state index contributed by atoms with van der Waals surface area (Å²) in [6.07, 6.45) is 3.74. The molecule has 2 heterocycles. The molecule has 2 aliphatic rings. The summed E-state index contributed by atoms with van der Waals surface area (Å²) in [5, 5.41) is 11.4. The van der Waals surface area contributed by atoms with Gasteiger partial charge in [0.1, 0.15) is 0 Å². The number of nitro benzene ring substituents is 1. The Hall–Kier alpha value is -1.33. The van der Waals surface area contributed by atoms with Crippen LogP contribution in [0.5, 0.6) is 0 Å². The van der Waals surface area contributed by atoms with Crippen molar-refractivity contribution in [1.82, 2.24) is 4.90 Å². The van der Waals surface area contributed by atoms with E-state index in [0.29, 0.717) is 11.1 Å². The first-order chi connectivity index (χ1) is 10.1. The lowest BCUT2D eigenvalue weighted by Crippen LogP contribution is -2.35. The van der Waals surface area contributed by atoms with Gasteiger partial charge in [0.25, 0.3) is 5.69 Å². The summed E-state index contributed by atoms with van der Waals surface area (Å²) in [6.45, 7) is 6.24. The Morgan fingerprint density at radius 2 is 2.00 bits per heavy atom. The van der Waals surface area contributed by atoms with Gasteiger partial charge in [-0.15, -0.1) is 0 Å².